The molecule has 0 saturated heterocycles. The molecule has 1 heterocycles. The molecule has 0 aliphatic rings. The number of aromatic nitrogens is 1. The lowest BCUT2D eigenvalue weighted by molar-refractivity contribution is -0.113. The fraction of sp³-hybridized carbons (Fsp3) is 0.125. The van der Waals surface area contributed by atoms with Gasteiger partial charge in [-0.3, -0.25) is 4.79 Å². The van der Waals surface area contributed by atoms with Crippen molar-refractivity contribution in [1.82, 2.24) is 4.98 Å². The van der Waals surface area contributed by atoms with Crippen molar-refractivity contribution < 1.29 is 13.6 Å². The molecule has 0 atom stereocenters. The number of hydrogen-bond donors (Lipinski definition) is 1. The zero-order valence-corrected chi connectivity index (χ0v) is 13.5. The molecular weight excluding hydrogens is 338 g/mol. The number of carbonyl (C=O) groups is 1. The summed E-state index contributed by atoms with van der Waals surface area (Å²) in [6.07, 6.45) is -2.62. The van der Waals surface area contributed by atoms with E-state index >= 15 is 0 Å². The Morgan fingerprint density at radius 3 is 2.70 bits per heavy atom. The van der Waals surface area contributed by atoms with Gasteiger partial charge in [0.05, 0.1) is 16.0 Å². The highest BCUT2D eigenvalue weighted by atomic mass is 32.2. The number of amides is 1. The van der Waals surface area contributed by atoms with E-state index in [0.717, 1.165) is 14.6 Å². The highest BCUT2D eigenvalue weighted by Crippen LogP contribution is 2.30. The first-order valence-corrected chi connectivity index (χ1v) is 8.59. The van der Waals surface area contributed by atoms with Crippen molar-refractivity contribution in [1.29, 1.82) is 0 Å². The van der Waals surface area contributed by atoms with E-state index in [1.807, 2.05) is 24.3 Å². The quantitative estimate of drug-likeness (QED) is 0.661. The number of fused-ring (bicyclic) bond motifs is 1. The minimum absolute atomic E-state index is 0.122. The first-order valence-electron chi connectivity index (χ1n) is 6.79. The van der Waals surface area contributed by atoms with Crippen molar-refractivity contribution >= 4 is 44.9 Å². The second-order valence-corrected chi connectivity index (χ2v) is 6.93. The number of rotatable bonds is 5. The average molecular weight is 350 g/mol. The van der Waals surface area contributed by atoms with Gasteiger partial charge in [-0.25, -0.2) is 13.8 Å². The highest BCUT2D eigenvalue weighted by molar-refractivity contribution is 8.01. The standard InChI is InChI=1S/C16H12F2N2OS2/c17-15(18)10-5-1-2-6-11(10)19-14(21)9-22-16-20-12-7-3-4-8-13(12)23-16/h1-8,15H,9H2,(H,19,21). The molecule has 3 rings (SSSR count). The number of halogens is 2. The van der Waals surface area contributed by atoms with Crippen LogP contribution in [0.3, 0.4) is 0 Å². The number of nitrogens with one attached hydrogen (secondary N) is 1. The molecule has 1 aromatic heterocycles. The summed E-state index contributed by atoms with van der Waals surface area (Å²) in [5.74, 6) is -0.209. The first kappa shape index (κ1) is 15.9. The second-order valence-electron chi connectivity index (χ2n) is 4.67. The van der Waals surface area contributed by atoms with E-state index in [0.29, 0.717) is 0 Å². The molecule has 1 N–H and O–H groups in total. The monoisotopic (exact) mass is 350 g/mol. The summed E-state index contributed by atoms with van der Waals surface area (Å²) in [6, 6.07) is 13.6. The van der Waals surface area contributed by atoms with Crippen LogP contribution in [0.5, 0.6) is 0 Å². The molecule has 0 bridgehead atoms. The van der Waals surface area contributed by atoms with E-state index in [9.17, 15) is 13.6 Å². The van der Waals surface area contributed by atoms with Crippen LogP contribution >= 0.6 is 23.1 Å². The minimum atomic E-state index is -2.62. The summed E-state index contributed by atoms with van der Waals surface area (Å²) in [5, 5.41) is 2.53. The van der Waals surface area contributed by atoms with Crippen LogP contribution in [0.15, 0.2) is 52.9 Å². The maximum atomic E-state index is 12.9. The number of alkyl halides is 2. The zero-order valence-electron chi connectivity index (χ0n) is 11.8. The summed E-state index contributed by atoms with van der Waals surface area (Å²) < 4.78 is 27.6. The number of thioether (sulfide) groups is 1. The van der Waals surface area contributed by atoms with Crippen LogP contribution in [0.1, 0.15) is 12.0 Å². The van der Waals surface area contributed by atoms with Gasteiger partial charge >= 0.3 is 0 Å². The first-order chi connectivity index (χ1) is 11.1. The topological polar surface area (TPSA) is 42.0 Å². The van der Waals surface area contributed by atoms with Gasteiger partial charge in [-0.1, -0.05) is 42.1 Å². The normalized spacial score (nSPS) is 11.1. The van der Waals surface area contributed by atoms with Gasteiger partial charge in [0, 0.05) is 11.3 Å². The van der Waals surface area contributed by atoms with Crippen LogP contribution in [-0.2, 0) is 4.79 Å². The lowest BCUT2D eigenvalue weighted by atomic mass is 10.2. The fourth-order valence-corrected chi connectivity index (χ4v) is 3.90. The van der Waals surface area contributed by atoms with Gasteiger partial charge < -0.3 is 5.32 Å². The van der Waals surface area contributed by atoms with Crippen molar-refractivity contribution in [2.24, 2.45) is 0 Å². The molecule has 0 radical (unpaired) electrons. The number of benzene rings is 2. The lowest BCUT2D eigenvalue weighted by Gasteiger charge is -2.09. The Morgan fingerprint density at radius 2 is 1.91 bits per heavy atom. The molecular formula is C16H12F2N2OS2. The number of nitrogens with zero attached hydrogens (tertiary/aromatic N) is 1. The number of anilines is 1. The maximum absolute atomic E-state index is 12.9. The molecule has 3 nitrogen and oxygen atoms in total. The predicted molar refractivity (Wildman–Crippen MR) is 90.4 cm³/mol. The second kappa shape index (κ2) is 7.06. The van der Waals surface area contributed by atoms with Gasteiger partial charge in [0.25, 0.3) is 6.43 Å². The minimum Gasteiger partial charge on any atom is -0.325 e. The van der Waals surface area contributed by atoms with Crippen molar-refractivity contribution in [2.45, 2.75) is 10.8 Å². The van der Waals surface area contributed by atoms with Crippen LogP contribution in [0.2, 0.25) is 0 Å². The van der Waals surface area contributed by atoms with Crippen molar-refractivity contribution in [3.8, 4) is 0 Å². The molecule has 0 aliphatic carbocycles. The summed E-state index contributed by atoms with van der Waals surface area (Å²) in [7, 11) is 0. The van der Waals surface area contributed by atoms with Crippen LogP contribution in [0.25, 0.3) is 10.2 Å². The van der Waals surface area contributed by atoms with E-state index < -0.39 is 6.43 Å². The molecule has 7 heteroatoms. The van der Waals surface area contributed by atoms with Crippen LogP contribution in [0, 0.1) is 0 Å². The molecule has 0 fully saturated rings. The fourth-order valence-electron chi connectivity index (χ4n) is 2.03. The molecule has 0 unspecified atom stereocenters. The Bertz CT molecular complexity index is 803. The maximum Gasteiger partial charge on any atom is 0.265 e. The largest absolute Gasteiger partial charge is 0.325 e. The summed E-state index contributed by atoms with van der Waals surface area (Å²) in [4.78, 5) is 16.4. The molecule has 23 heavy (non-hydrogen) atoms. The molecule has 0 spiro atoms. The lowest BCUT2D eigenvalue weighted by Crippen LogP contribution is -2.15. The van der Waals surface area contributed by atoms with E-state index in [1.54, 1.807) is 6.07 Å². The van der Waals surface area contributed by atoms with E-state index in [-0.39, 0.29) is 22.9 Å². The smallest absolute Gasteiger partial charge is 0.265 e. The Morgan fingerprint density at radius 1 is 1.17 bits per heavy atom. The Labute approximate surface area is 139 Å². The van der Waals surface area contributed by atoms with E-state index in [2.05, 4.69) is 10.3 Å². The van der Waals surface area contributed by atoms with Gasteiger partial charge in [0.2, 0.25) is 5.91 Å². The Kier molecular flexibility index (Phi) is 4.88. The third kappa shape index (κ3) is 3.86. The molecule has 0 aliphatic heterocycles. The molecule has 1 amide bonds. The van der Waals surface area contributed by atoms with E-state index in [4.69, 9.17) is 0 Å². The highest BCUT2D eigenvalue weighted by Gasteiger charge is 2.14. The summed E-state index contributed by atoms with van der Waals surface area (Å²) in [6.45, 7) is 0. The van der Waals surface area contributed by atoms with Crippen molar-refractivity contribution in [3.05, 3.63) is 54.1 Å². The van der Waals surface area contributed by atoms with Gasteiger partial charge in [-0.05, 0) is 18.2 Å². The third-order valence-electron chi connectivity index (χ3n) is 3.07. The molecule has 118 valence electrons. The predicted octanol–water partition coefficient (Wildman–Crippen LogP) is 4.96. The number of thiazole rings is 1. The van der Waals surface area contributed by atoms with Crippen LogP contribution < -0.4 is 5.32 Å². The Balaban J connectivity index is 1.64. The van der Waals surface area contributed by atoms with Crippen LogP contribution in [-0.4, -0.2) is 16.6 Å². The number of hydrogen-bond acceptors (Lipinski definition) is 4. The molecule has 0 saturated carbocycles. The van der Waals surface area contributed by atoms with Gasteiger partial charge in [0.15, 0.2) is 4.34 Å². The zero-order chi connectivity index (χ0) is 16.2. The Hall–Kier alpha value is -1.99. The van der Waals surface area contributed by atoms with Gasteiger partial charge in [-0.2, -0.15) is 0 Å². The number of carbonyl (C=O) groups excluding carboxylic acids is 1. The summed E-state index contributed by atoms with van der Waals surface area (Å²) >= 11 is 2.80. The molecule has 2 aromatic carbocycles. The van der Waals surface area contributed by atoms with Gasteiger partial charge in [-0.15, -0.1) is 11.3 Å². The summed E-state index contributed by atoms with van der Waals surface area (Å²) in [5.41, 5.74) is 0.867. The van der Waals surface area contributed by atoms with Crippen LogP contribution in [0.4, 0.5) is 14.5 Å². The van der Waals surface area contributed by atoms with Gasteiger partial charge in [0.1, 0.15) is 0 Å². The molecule has 3 aromatic rings. The SMILES string of the molecule is O=C(CSc1nc2ccccc2s1)Nc1ccccc1C(F)F. The van der Waals surface area contributed by atoms with Crippen molar-refractivity contribution in [2.75, 3.05) is 11.1 Å². The van der Waals surface area contributed by atoms with Crippen molar-refractivity contribution in [3.63, 3.8) is 0 Å². The average Bonchev–Trinajstić information content (AvgIpc) is 2.96. The van der Waals surface area contributed by atoms with E-state index in [1.165, 1.54) is 41.3 Å². The number of para-hydroxylation sites is 2. The third-order valence-corrected chi connectivity index (χ3v) is 5.25.